The molecule has 25 heavy (non-hydrogen) atoms. The van der Waals surface area contributed by atoms with E-state index in [1.165, 1.54) is 12.1 Å². The second kappa shape index (κ2) is 6.43. The molecule has 2 aromatic heterocycles. The Bertz CT molecular complexity index is 1030. The lowest BCUT2D eigenvalue weighted by Gasteiger charge is -2.07. The summed E-state index contributed by atoms with van der Waals surface area (Å²) < 4.78 is 14.8. The molecule has 0 amide bonds. The van der Waals surface area contributed by atoms with Crippen molar-refractivity contribution in [3.63, 3.8) is 0 Å². The molecule has 0 aliphatic carbocycles. The number of rotatable bonds is 3. The quantitative estimate of drug-likeness (QED) is 0.471. The number of aromatic nitrogens is 4. The Balaban J connectivity index is 1.95. The van der Waals surface area contributed by atoms with Crippen molar-refractivity contribution in [2.75, 3.05) is 0 Å². The summed E-state index contributed by atoms with van der Waals surface area (Å²) in [7, 11) is 0. The van der Waals surface area contributed by atoms with Crippen LogP contribution in [0.3, 0.4) is 0 Å². The number of fused-ring (bicyclic) bond motifs is 1. The first-order valence-electron chi connectivity index (χ1n) is 7.49. The topological polar surface area (TPSA) is 43.1 Å². The summed E-state index contributed by atoms with van der Waals surface area (Å²) in [4.78, 5) is 7.98. The van der Waals surface area contributed by atoms with Crippen molar-refractivity contribution in [2.45, 2.75) is 4.84 Å². The molecule has 0 aliphatic heterocycles. The fraction of sp³-hybridized carbons (Fsp3) is 0.0556. The van der Waals surface area contributed by atoms with Crippen molar-refractivity contribution in [1.82, 2.24) is 19.6 Å². The number of nitrogens with zero attached hydrogens (tertiary/aromatic N) is 4. The SMILES string of the molecule is Fc1ccc(-c2cc3nc(C(Cl)Cl)nc(-c4ccccc4)n3n2)cc1. The molecule has 4 aromatic rings. The van der Waals surface area contributed by atoms with Crippen LogP contribution >= 0.6 is 23.2 Å². The highest BCUT2D eigenvalue weighted by molar-refractivity contribution is 6.43. The first kappa shape index (κ1) is 16.0. The van der Waals surface area contributed by atoms with Crippen molar-refractivity contribution < 1.29 is 4.39 Å². The molecule has 124 valence electrons. The van der Waals surface area contributed by atoms with Crippen molar-refractivity contribution >= 4 is 28.8 Å². The molecule has 0 radical (unpaired) electrons. The maximum Gasteiger partial charge on any atom is 0.167 e. The van der Waals surface area contributed by atoms with Gasteiger partial charge in [0, 0.05) is 17.2 Å². The lowest BCUT2D eigenvalue weighted by Crippen LogP contribution is -2.04. The maximum atomic E-state index is 13.2. The van der Waals surface area contributed by atoms with Crippen LogP contribution in [0, 0.1) is 5.82 Å². The van der Waals surface area contributed by atoms with Gasteiger partial charge >= 0.3 is 0 Å². The van der Waals surface area contributed by atoms with Crippen LogP contribution in [0.25, 0.3) is 28.3 Å². The van der Waals surface area contributed by atoms with E-state index in [9.17, 15) is 4.39 Å². The van der Waals surface area contributed by atoms with Crippen LogP contribution in [0.2, 0.25) is 0 Å². The second-order valence-electron chi connectivity index (χ2n) is 5.38. The molecule has 0 bridgehead atoms. The number of benzene rings is 2. The highest BCUT2D eigenvalue weighted by Gasteiger charge is 2.16. The molecule has 4 rings (SSSR count). The molecule has 0 fully saturated rings. The van der Waals surface area contributed by atoms with E-state index in [2.05, 4.69) is 15.1 Å². The van der Waals surface area contributed by atoms with Crippen LogP contribution in [-0.2, 0) is 0 Å². The summed E-state index contributed by atoms with van der Waals surface area (Å²) in [5, 5.41) is 4.57. The molecule has 0 saturated heterocycles. The van der Waals surface area contributed by atoms with Crippen molar-refractivity contribution in [1.29, 1.82) is 0 Å². The Kier molecular flexibility index (Phi) is 4.11. The molecule has 4 nitrogen and oxygen atoms in total. The molecule has 0 N–H and O–H groups in total. The highest BCUT2D eigenvalue weighted by atomic mass is 35.5. The second-order valence-corrected chi connectivity index (χ2v) is 6.47. The molecule has 0 unspecified atom stereocenters. The minimum atomic E-state index is -0.850. The van der Waals surface area contributed by atoms with Gasteiger partial charge in [0.05, 0.1) is 5.69 Å². The third-order valence-electron chi connectivity index (χ3n) is 3.71. The third-order valence-corrected chi connectivity index (χ3v) is 4.10. The Morgan fingerprint density at radius 2 is 1.60 bits per heavy atom. The maximum absolute atomic E-state index is 13.2. The predicted molar refractivity (Wildman–Crippen MR) is 96.1 cm³/mol. The van der Waals surface area contributed by atoms with Gasteiger partial charge in [-0.15, -0.1) is 0 Å². The number of alkyl halides is 2. The van der Waals surface area contributed by atoms with Crippen LogP contribution in [0.1, 0.15) is 10.7 Å². The van der Waals surface area contributed by atoms with Crippen LogP contribution in [-0.4, -0.2) is 19.6 Å². The molecule has 0 saturated carbocycles. The number of halogens is 3. The van der Waals surface area contributed by atoms with Crippen molar-refractivity contribution in [3.05, 3.63) is 72.3 Å². The molecule has 2 heterocycles. The van der Waals surface area contributed by atoms with Gasteiger partial charge in [-0.25, -0.2) is 14.4 Å². The number of hydrogen-bond donors (Lipinski definition) is 0. The van der Waals surface area contributed by atoms with Gasteiger partial charge in [0.25, 0.3) is 0 Å². The predicted octanol–water partition coefficient (Wildman–Crippen LogP) is 5.07. The molecular weight excluding hydrogens is 362 g/mol. The summed E-state index contributed by atoms with van der Waals surface area (Å²) in [5.74, 6) is 0.590. The van der Waals surface area contributed by atoms with Gasteiger partial charge in [0.2, 0.25) is 0 Å². The summed E-state index contributed by atoms with van der Waals surface area (Å²) in [6.45, 7) is 0. The van der Waals surface area contributed by atoms with Gasteiger partial charge in [-0.2, -0.15) is 9.61 Å². The third kappa shape index (κ3) is 3.08. The minimum Gasteiger partial charge on any atom is -0.211 e. The average Bonchev–Trinajstić information content (AvgIpc) is 3.06. The molecule has 2 aromatic carbocycles. The van der Waals surface area contributed by atoms with E-state index in [4.69, 9.17) is 23.2 Å². The summed E-state index contributed by atoms with van der Waals surface area (Å²) in [6.07, 6.45) is 0. The molecule has 7 heteroatoms. The Labute approximate surface area is 152 Å². The molecule has 0 aliphatic rings. The van der Waals surface area contributed by atoms with Gasteiger partial charge in [-0.05, 0) is 24.3 Å². The van der Waals surface area contributed by atoms with Crippen LogP contribution in [0.15, 0.2) is 60.7 Å². The lowest BCUT2D eigenvalue weighted by molar-refractivity contribution is 0.628. The zero-order valence-electron chi connectivity index (χ0n) is 12.8. The fourth-order valence-corrected chi connectivity index (χ4v) is 2.73. The lowest BCUT2D eigenvalue weighted by atomic mass is 10.1. The molecular formula is C18H11Cl2FN4. The fourth-order valence-electron chi connectivity index (χ4n) is 2.54. The Morgan fingerprint density at radius 3 is 2.28 bits per heavy atom. The van der Waals surface area contributed by atoms with Crippen molar-refractivity contribution in [2.24, 2.45) is 0 Å². The van der Waals surface area contributed by atoms with Crippen LogP contribution in [0.4, 0.5) is 4.39 Å². The molecule has 0 atom stereocenters. The first-order chi connectivity index (χ1) is 12.1. The minimum absolute atomic E-state index is 0.299. The Morgan fingerprint density at radius 1 is 0.880 bits per heavy atom. The normalized spacial score (nSPS) is 11.4. The van der Waals surface area contributed by atoms with E-state index in [1.807, 2.05) is 30.3 Å². The van der Waals surface area contributed by atoms with E-state index in [0.717, 1.165) is 11.1 Å². The van der Waals surface area contributed by atoms with E-state index < -0.39 is 4.84 Å². The molecule has 0 spiro atoms. The van der Waals surface area contributed by atoms with E-state index in [1.54, 1.807) is 22.7 Å². The first-order valence-corrected chi connectivity index (χ1v) is 8.36. The van der Waals surface area contributed by atoms with Crippen LogP contribution < -0.4 is 0 Å². The zero-order valence-corrected chi connectivity index (χ0v) is 14.3. The highest BCUT2D eigenvalue weighted by Crippen LogP contribution is 2.27. The van der Waals surface area contributed by atoms with Crippen molar-refractivity contribution in [3.8, 4) is 22.6 Å². The average molecular weight is 373 g/mol. The van der Waals surface area contributed by atoms with Gasteiger partial charge in [-0.3, -0.25) is 0 Å². The summed E-state index contributed by atoms with van der Waals surface area (Å²) in [6, 6.07) is 17.5. The zero-order chi connectivity index (χ0) is 17.4. The van der Waals surface area contributed by atoms with E-state index in [-0.39, 0.29) is 5.82 Å². The number of hydrogen-bond acceptors (Lipinski definition) is 3. The van der Waals surface area contributed by atoms with Gasteiger partial charge in [0.15, 0.2) is 22.1 Å². The van der Waals surface area contributed by atoms with E-state index in [0.29, 0.717) is 23.0 Å². The summed E-state index contributed by atoms with van der Waals surface area (Å²) in [5.41, 5.74) is 2.86. The van der Waals surface area contributed by atoms with Gasteiger partial charge in [0.1, 0.15) is 5.82 Å². The van der Waals surface area contributed by atoms with E-state index >= 15 is 0 Å². The van der Waals surface area contributed by atoms with Crippen LogP contribution in [0.5, 0.6) is 0 Å². The standard InChI is InChI=1S/C18H11Cl2FN4/c19-16(20)17-22-15-10-14(11-6-8-13(21)9-7-11)24-25(15)18(23-17)12-4-2-1-3-5-12/h1-10,16H. The largest absolute Gasteiger partial charge is 0.211 e. The van der Waals surface area contributed by atoms with Gasteiger partial charge < -0.3 is 0 Å². The summed E-state index contributed by atoms with van der Waals surface area (Å²) >= 11 is 11.9. The van der Waals surface area contributed by atoms with Gasteiger partial charge in [-0.1, -0.05) is 53.5 Å². The smallest absolute Gasteiger partial charge is 0.167 e. The monoisotopic (exact) mass is 372 g/mol. The Hall–Kier alpha value is -2.50.